The van der Waals surface area contributed by atoms with Gasteiger partial charge in [-0.3, -0.25) is 0 Å². The van der Waals surface area contributed by atoms with E-state index < -0.39 is 0 Å². The molecule has 0 radical (unpaired) electrons. The molecule has 0 amide bonds. The van der Waals surface area contributed by atoms with Gasteiger partial charge < -0.3 is 10.5 Å². The van der Waals surface area contributed by atoms with E-state index in [4.69, 9.17) is 10.5 Å². The fourth-order valence-corrected chi connectivity index (χ4v) is 2.65. The molecule has 0 spiro atoms. The lowest BCUT2D eigenvalue weighted by Crippen LogP contribution is -2.27. The summed E-state index contributed by atoms with van der Waals surface area (Å²) in [5.41, 5.74) is 8.38. The van der Waals surface area contributed by atoms with Crippen LogP contribution >= 0.6 is 11.3 Å². The van der Waals surface area contributed by atoms with E-state index in [9.17, 15) is 0 Å². The summed E-state index contributed by atoms with van der Waals surface area (Å²) in [6.07, 6.45) is -0.00597. The number of rotatable bonds is 5. The smallest absolute Gasteiger partial charge is 0.0989 e. The molecular formula is C15H19NOS. The zero-order chi connectivity index (χ0) is 13.0. The van der Waals surface area contributed by atoms with Crippen LogP contribution < -0.4 is 5.73 Å². The average molecular weight is 261 g/mol. The van der Waals surface area contributed by atoms with Gasteiger partial charge in [0.25, 0.3) is 0 Å². The van der Waals surface area contributed by atoms with E-state index in [1.54, 1.807) is 11.3 Å². The van der Waals surface area contributed by atoms with E-state index in [0.29, 0.717) is 0 Å². The molecule has 0 saturated heterocycles. The van der Waals surface area contributed by atoms with Crippen molar-refractivity contribution in [2.45, 2.75) is 32.1 Å². The van der Waals surface area contributed by atoms with Crippen LogP contribution in [0.1, 0.15) is 37.2 Å². The van der Waals surface area contributed by atoms with Crippen molar-refractivity contribution in [3.8, 4) is 0 Å². The van der Waals surface area contributed by atoms with Gasteiger partial charge in [-0.05, 0) is 41.8 Å². The first-order chi connectivity index (χ1) is 8.68. The molecule has 96 valence electrons. The van der Waals surface area contributed by atoms with E-state index >= 15 is 0 Å². The molecule has 3 unspecified atom stereocenters. The van der Waals surface area contributed by atoms with Gasteiger partial charge in [0.15, 0.2) is 0 Å². The third-order valence-corrected chi connectivity index (χ3v) is 3.67. The summed E-state index contributed by atoms with van der Waals surface area (Å²) in [5.74, 6) is 0. The second kappa shape index (κ2) is 6.14. The molecular weight excluding hydrogens is 242 g/mol. The summed E-state index contributed by atoms with van der Waals surface area (Å²) in [5, 5.41) is 4.16. The summed E-state index contributed by atoms with van der Waals surface area (Å²) in [6, 6.07) is 12.3. The molecule has 2 N–H and O–H groups in total. The average Bonchev–Trinajstić information content (AvgIpc) is 2.90. The zero-order valence-electron chi connectivity index (χ0n) is 10.7. The molecule has 2 nitrogen and oxygen atoms in total. The van der Waals surface area contributed by atoms with Crippen LogP contribution in [0.3, 0.4) is 0 Å². The fraction of sp³-hybridized carbons (Fsp3) is 0.333. The number of thiophene rings is 1. The Balaban J connectivity index is 2.11. The maximum Gasteiger partial charge on any atom is 0.0989 e. The van der Waals surface area contributed by atoms with Crippen molar-refractivity contribution in [3.05, 3.63) is 58.3 Å². The minimum Gasteiger partial charge on any atom is -0.364 e. The van der Waals surface area contributed by atoms with Crippen LogP contribution in [0, 0.1) is 0 Å². The molecule has 0 aliphatic carbocycles. The number of ether oxygens (including phenoxy) is 1. The van der Waals surface area contributed by atoms with Gasteiger partial charge in [-0.1, -0.05) is 30.3 Å². The lowest BCUT2D eigenvalue weighted by atomic mass is 10.1. The fourth-order valence-electron chi connectivity index (χ4n) is 1.97. The summed E-state index contributed by atoms with van der Waals surface area (Å²) in [7, 11) is 0. The molecule has 2 rings (SSSR count). The first-order valence-electron chi connectivity index (χ1n) is 6.16. The molecule has 0 saturated carbocycles. The van der Waals surface area contributed by atoms with Crippen molar-refractivity contribution in [2.24, 2.45) is 5.73 Å². The third-order valence-electron chi connectivity index (χ3n) is 2.97. The second-order valence-electron chi connectivity index (χ2n) is 4.53. The van der Waals surface area contributed by atoms with Crippen molar-refractivity contribution in [1.82, 2.24) is 0 Å². The standard InChI is InChI=1S/C15H19NOS/c1-11(16)15(14-8-9-18-10-14)17-12(2)13-6-4-3-5-7-13/h3-12,15H,16H2,1-2H3. The monoisotopic (exact) mass is 261 g/mol. The minimum absolute atomic E-state index is 0.0224. The Hall–Kier alpha value is -1.16. The van der Waals surface area contributed by atoms with Crippen LogP contribution in [0.4, 0.5) is 0 Å². The van der Waals surface area contributed by atoms with E-state index in [0.717, 1.165) is 5.56 Å². The van der Waals surface area contributed by atoms with Gasteiger partial charge in [-0.25, -0.2) is 0 Å². The van der Waals surface area contributed by atoms with Crippen molar-refractivity contribution in [1.29, 1.82) is 0 Å². The topological polar surface area (TPSA) is 35.2 Å². The predicted octanol–water partition coefficient (Wildman–Crippen LogP) is 3.91. The summed E-state index contributed by atoms with van der Waals surface area (Å²) < 4.78 is 6.12. The van der Waals surface area contributed by atoms with Crippen LogP contribution in [0.5, 0.6) is 0 Å². The Bertz CT molecular complexity index is 453. The highest BCUT2D eigenvalue weighted by Crippen LogP contribution is 2.29. The van der Waals surface area contributed by atoms with Gasteiger partial charge >= 0.3 is 0 Å². The molecule has 3 heteroatoms. The van der Waals surface area contributed by atoms with Crippen LogP contribution in [0.25, 0.3) is 0 Å². The van der Waals surface area contributed by atoms with Gasteiger partial charge in [-0.15, -0.1) is 0 Å². The quantitative estimate of drug-likeness (QED) is 0.885. The number of nitrogens with two attached hydrogens (primary N) is 1. The second-order valence-corrected chi connectivity index (χ2v) is 5.31. The third kappa shape index (κ3) is 3.19. The Morgan fingerprint density at radius 2 is 1.78 bits per heavy atom. The summed E-state index contributed by atoms with van der Waals surface area (Å²) in [6.45, 7) is 4.05. The van der Waals surface area contributed by atoms with Gasteiger partial charge in [0.1, 0.15) is 0 Å². The maximum atomic E-state index is 6.12. The van der Waals surface area contributed by atoms with Crippen molar-refractivity contribution >= 4 is 11.3 Å². The van der Waals surface area contributed by atoms with Crippen LogP contribution in [-0.4, -0.2) is 6.04 Å². The van der Waals surface area contributed by atoms with Crippen molar-refractivity contribution < 1.29 is 4.74 Å². The molecule has 0 fully saturated rings. The summed E-state index contributed by atoms with van der Waals surface area (Å²) in [4.78, 5) is 0. The first kappa shape index (κ1) is 13.3. The zero-order valence-corrected chi connectivity index (χ0v) is 11.6. The molecule has 0 aliphatic heterocycles. The molecule has 3 atom stereocenters. The Morgan fingerprint density at radius 3 is 2.33 bits per heavy atom. The highest BCUT2D eigenvalue weighted by Gasteiger charge is 2.20. The van der Waals surface area contributed by atoms with E-state index in [1.165, 1.54) is 5.56 Å². The maximum absolute atomic E-state index is 6.12. The van der Waals surface area contributed by atoms with E-state index in [1.807, 2.05) is 25.1 Å². The van der Waals surface area contributed by atoms with Gasteiger partial charge in [0.05, 0.1) is 12.2 Å². The Labute approximate surface area is 112 Å². The molecule has 1 aromatic heterocycles. The first-order valence-corrected chi connectivity index (χ1v) is 7.11. The largest absolute Gasteiger partial charge is 0.364 e. The predicted molar refractivity (Wildman–Crippen MR) is 76.7 cm³/mol. The Morgan fingerprint density at radius 1 is 1.06 bits per heavy atom. The number of benzene rings is 1. The highest BCUT2D eigenvalue weighted by atomic mass is 32.1. The Kier molecular flexibility index (Phi) is 4.53. The minimum atomic E-state index is -0.0496. The lowest BCUT2D eigenvalue weighted by Gasteiger charge is -2.25. The van der Waals surface area contributed by atoms with Crippen molar-refractivity contribution in [3.63, 3.8) is 0 Å². The molecule has 0 aliphatic rings. The summed E-state index contributed by atoms with van der Waals surface area (Å²) >= 11 is 1.67. The molecule has 18 heavy (non-hydrogen) atoms. The van der Waals surface area contributed by atoms with Crippen LogP contribution in [-0.2, 0) is 4.74 Å². The van der Waals surface area contributed by atoms with Gasteiger partial charge in [0.2, 0.25) is 0 Å². The molecule has 1 heterocycles. The molecule has 2 aromatic rings. The van der Waals surface area contributed by atoms with E-state index in [2.05, 4.69) is 35.9 Å². The number of hydrogen-bond donors (Lipinski definition) is 1. The van der Waals surface area contributed by atoms with Gasteiger partial charge in [0, 0.05) is 6.04 Å². The van der Waals surface area contributed by atoms with Gasteiger partial charge in [-0.2, -0.15) is 11.3 Å². The van der Waals surface area contributed by atoms with Crippen LogP contribution in [0.2, 0.25) is 0 Å². The molecule has 1 aromatic carbocycles. The van der Waals surface area contributed by atoms with Crippen molar-refractivity contribution in [2.75, 3.05) is 0 Å². The SMILES string of the molecule is CC(OC(c1ccsc1)C(C)N)c1ccccc1. The normalized spacial score (nSPS) is 16.2. The molecule has 0 bridgehead atoms. The highest BCUT2D eigenvalue weighted by molar-refractivity contribution is 7.07. The van der Waals surface area contributed by atoms with Crippen LogP contribution in [0.15, 0.2) is 47.2 Å². The van der Waals surface area contributed by atoms with E-state index in [-0.39, 0.29) is 18.2 Å². The number of hydrogen-bond acceptors (Lipinski definition) is 3. The lowest BCUT2D eigenvalue weighted by molar-refractivity contribution is -0.0160.